The summed E-state index contributed by atoms with van der Waals surface area (Å²) in [4.78, 5) is 18.1. The van der Waals surface area contributed by atoms with Gasteiger partial charge in [-0.15, -0.1) is 0 Å². The van der Waals surface area contributed by atoms with Crippen molar-refractivity contribution in [2.75, 3.05) is 54.3 Å². The third kappa shape index (κ3) is 6.50. The number of amides is 1. The van der Waals surface area contributed by atoms with Crippen molar-refractivity contribution in [3.05, 3.63) is 89.5 Å². The molecule has 9 heteroatoms. The van der Waals surface area contributed by atoms with Crippen molar-refractivity contribution in [2.45, 2.75) is 19.9 Å². The van der Waals surface area contributed by atoms with Gasteiger partial charge in [-0.1, -0.05) is 49.4 Å². The molecule has 2 heterocycles. The Morgan fingerprint density at radius 1 is 0.923 bits per heavy atom. The number of sulfonamides is 1. The number of likely N-dealkylation sites (N-methyl/N-ethyl adjacent to an activating group) is 1. The number of hydrogen-bond donors (Lipinski definition) is 3. The summed E-state index contributed by atoms with van der Waals surface area (Å²) in [6.07, 6.45) is 0.516. The number of rotatable bonds is 9. The maximum Gasteiger partial charge on any atom is 0.258 e. The van der Waals surface area contributed by atoms with E-state index in [1.807, 2.05) is 49.4 Å². The molecule has 0 saturated carbocycles. The highest BCUT2D eigenvalue weighted by molar-refractivity contribution is 7.92. The number of benzene rings is 3. The minimum atomic E-state index is -3.46. The summed E-state index contributed by atoms with van der Waals surface area (Å²) in [5, 5.41) is 6.43. The number of anilines is 3. The third-order valence-electron chi connectivity index (χ3n) is 7.05. The van der Waals surface area contributed by atoms with Gasteiger partial charge in [0.15, 0.2) is 0 Å². The van der Waals surface area contributed by atoms with E-state index in [2.05, 4.69) is 44.3 Å². The topological polar surface area (TPSA) is 93.8 Å². The summed E-state index contributed by atoms with van der Waals surface area (Å²) in [5.74, 6) is -0.206. The van der Waals surface area contributed by atoms with E-state index in [0.717, 1.165) is 44.0 Å². The zero-order valence-corrected chi connectivity index (χ0v) is 23.2. The number of nitrogens with zero attached hydrogens (tertiary/aromatic N) is 2. The fourth-order valence-corrected chi connectivity index (χ4v) is 6.09. The van der Waals surface area contributed by atoms with Crippen LogP contribution in [-0.4, -0.2) is 63.1 Å². The molecule has 8 nitrogen and oxygen atoms in total. The van der Waals surface area contributed by atoms with E-state index in [-0.39, 0.29) is 11.7 Å². The van der Waals surface area contributed by atoms with Gasteiger partial charge in [0.2, 0.25) is 10.0 Å². The number of carbonyl (C=O) groups excluding carboxylic acids is 1. The summed E-state index contributed by atoms with van der Waals surface area (Å²) in [6.45, 7) is 7.02. The molecular weight excluding hydrogens is 510 g/mol. The molecular formula is C30H35N5O3S. The monoisotopic (exact) mass is 545 g/mol. The normalized spacial score (nSPS) is 17.4. The van der Waals surface area contributed by atoms with E-state index in [9.17, 15) is 13.2 Å². The fourth-order valence-electron chi connectivity index (χ4n) is 4.96. The Morgan fingerprint density at radius 2 is 1.62 bits per heavy atom. The summed E-state index contributed by atoms with van der Waals surface area (Å²) in [5.41, 5.74) is 5.81. The van der Waals surface area contributed by atoms with E-state index in [1.165, 1.54) is 5.56 Å². The van der Waals surface area contributed by atoms with Gasteiger partial charge in [-0.2, -0.15) is 0 Å². The average molecular weight is 546 g/mol. The summed E-state index contributed by atoms with van der Waals surface area (Å²) >= 11 is 0. The lowest BCUT2D eigenvalue weighted by atomic mass is 9.99. The maximum absolute atomic E-state index is 13.3. The molecule has 0 atom stereocenters. The van der Waals surface area contributed by atoms with Gasteiger partial charge < -0.3 is 15.5 Å². The molecule has 0 aliphatic carbocycles. The van der Waals surface area contributed by atoms with Crippen LogP contribution in [0.4, 0.5) is 17.1 Å². The molecule has 3 aromatic carbocycles. The van der Waals surface area contributed by atoms with E-state index >= 15 is 0 Å². The Labute approximate surface area is 230 Å². The van der Waals surface area contributed by atoms with Crippen LogP contribution in [0.3, 0.4) is 0 Å². The molecule has 0 bridgehead atoms. The van der Waals surface area contributed by atoms with Crippen molar-refractivity contribution < 1.29 is 13.2 Å². The maximum atomic E-state index is 13.3. The summed E-state index contributed by atoms with van der Waals surface area (Å²) in [6, 6.07) is 23.2. The van der Waals surface area contributed by atoms with Crippen LogP contribution >= 0.6 is 0 Å². The smallest absolute Gasteiger partial charge is 0.258 e. The first-order valence-corrected chi connectivity index (χ1v) is 15.0. The molecule has 1 fully saturated rings. The van der Waals surface area contributed by atoms with Gasteiger partial charge in [-0.05, 0) is 54.9 Å². The quantitative estimate of drug-likeness (QED) is 0.343. The Morgan fingerprint density at radius 3 is 2.31 bits per heavy atom. The van der Waals surface area contributed by atoms with Gasteiger partial charge in [0.1, 0.15) is 0 Å². The Balaban J connectivity index is 1.46. The van der Waals surface area contributed by atoms with Crippen LogP contribution < -0.4 is 15.4 Å². The lowest BCUT2D eigenvalue weighted by Gasteiger charge is -2.32. The van der Waals surface area contributed by atoms with E-state index in [1.54, 1.807) is 18.2 Å². The second kappa shape index (κ2) is 11.6. The largest absolute Gasteiger partial charge is 0.354 e. The van der Waals surface area contributed by atoms with E-state index < -0.39 is 10.0 Å². The second-order valence-corrected chi connectivity index (χ2v) is 12.0. The zero-order chi connectivity index (χ0) is 27.4. The molecule has 0 spiro atoms. The molecule has 3 aromatic rings. The van der Waals surface area contributed by atoms with Crippen LogP contribution in [0.5, 0.6) is 0 Å². The first-order chi connectivity index (χ1) is 18.8. The molecule has 2 aliphatic rings. The van der Waals surface area contributed by atoms with Crippen molar-refractivity contribution in [3.63, 3.8) is 0 Å². The highest BCUT2D eigenvalue weighted by atomic mass is 32.2. The van der Waals surface area contributed by atoms with E-state index in [4.69, 9.17) is 0 Å². The molecule has 39 heavy (non-hydrogen) atoms. The lowest BCUT2D eigenvalue weighted by molar-refractivity contribution is -0.110. The Bertz CT molecular complexity index is 1460. The average Bonchev–Trinajstić information content (AvgIpc) is 3.24. The first-order valence-electron chi connectivity index (χ1n) is 13.3. The van der Waals surface area contributed by atoms with Gasteiger partial charge in [-0.3, -0.25) is 14.4 Å². The first kappa shape index (κ1) is 26.9. The molecule has 1 amide bonds. The van der Waals surface area contributed by atoms with Crippen LogP contribution in [0, 0.1) is 0 Å². The van der Waals surface area contributed by atoms with Crippen LogP contribution in [0.15, 0.2) is 72.8 Å². The Hall–Kier alpha value is -3.66. The van der Waals surface area contributed by atoms with Gasteiger partial charge in [0.25, 0.3) is 5.91 Å². The Kier molecular flexibility index (Phi) is 8.02. The van der Waals surface area contributed by atoms with Crippen molar-refractivity contribution in [1.82, 2.24) is 9.80 Å². The molecule has 2 aliphatic heterocycles. The van der Waals surface area contributed by atoms with Crippen LogP contribution in [0.25, 0.3) is 11.3 Å². The number of fused-ring (bicyclic) bond motifs is 1. The van der Waals surface area contributed by atoms with Crippen LogP contribution in [0.1, 0.15) is 30.0 Å². The molecule has 3 N–H and O–H groups in total. The summed E-state index contributed by atoms with van der Waals surface area (Å²) in [7, 11) is -1.31. The second-order valence-electron chi connectivity index (χ2n) is 10.2. The summed E-state index contributed by atoms with van der Waals surface area (Å²) < 4.78 is 27.4. The highest BCUT2D eigenvalue weighted by Gasteiger charge is 2.29. The predicted molar refractivity (Wildman–Crippen MR) is 159 cm³/mol. The molecule has 5 rings (SSSR count). The fraction of sp³-hybridized carbons (Fsp3) is 0.300. The van der Waals surface area contributed by atoms with E-state index in [0.29, 0.717) is 34.6 Å². The number of nitrogens with one attached hydrogen (secondary N) is 3. The van der Waals surface area contributed by atoms with Crippen molar-refractivity contribution in [1.29, 1.82) is 0 Å². The molecule has 204 valence electrons. The van der Waals surface area contributed by atoms with Gasteiger partial charge >= 0.3 is 0 Å². The standard InChI is InChI=1S/C30H35N5O3S/c1-3-19-39(37,38)33-25-13-14-27-26(20-25)28(30(36)32-27)29(23-7-5-4-6-8-23)31-24-11-9-22(10-12-24)21-35-17-15-34(2)16-18-35/h4-14,20,31,33H,3,15-19,21H2,1-2H3,(H,32,36). The lowest BCUT2D eigenvalue weighted by Crippen LogP contribution is -2.43. The highest BCUT2D eigenvalue weighted by Crippen LogP contribution is 2.39. The van der Waals surface area contributed by atoms with Crippen LogP contribution in [-0.2, 0) is 21.4 Å². The van der Waals surface area contributed by atoms with Gasteiger partial charge in [0.05, 0.1) is 17.0 Å². The predicted octanol–water partition coefficient (Wildman–Crippen LogP) is 4.52. The third-order valence-corrected chi connectivity index (χ3v) is 8.54. The SMILES string of the molecule is CCCS(=O)(=O)Nc1ccc2c(c1)C(=C(Nc1ccc(CN3CCN(C)CC3)cc1)c1ccccc1)C(=O)N2. The molecule has 0 aromatic heterocycles. The number of carbonyl (C=O) groups is 1. The molecule has 1 saturated heterocycles. The molecule has 0 unspecified atom stereocenters. The number of piperazine rings is 1. The zero-order valence-electron chi connectivity index (χ0n) is 22.4. The van der Waals surface area contributed by atoms with Crippen molar-refractivity contribution in [2.24, 2.45) is 0 Å². The molecule has 0 radical (unpaired) electrons. The van der Waals surface area contributed by atoms with Gasteiger partial charge in [0, 0.05) is 55.3 Å². The van der Waals surface area contributed by atoms with Crippen molar-refractivity contribution in [3.8, 4) is 0 Å². The number of hydrogen-bond acceptors (Lipinski definition) is 6. The minimum Gasteiger partial charge on any atom is -0.354 e. The van der Waals surface area contributed by atoms with Crippen molar-refractivity contribution >= 4 is 44.3 Å². The van der Waals surface area contributed by atoms with Crippen LogP contribution in [0.2, 0.25) is 0 Å². The minimum absolute atomic E-state index is 0.0333. The van der Waals surface area contributed by atoms with Gasteiger partial charge in [-0.25, -0.2) is 8.42 Å².